The highest BCUT2D eigenvalue weighted by molar-refractivity contribution is 9.09. The molecule has 1 saturated heterocycles. The van der Waals surface area contributed by atoms with Crippen LogP contribution in [0.4, 0.5) is 0 Å². The zero-order valence-corrected chi connectivity index (χ0v) is 7.43. The predicted octanol–water partition coefficient (Wildman–Crippen LogP) is 0.238. The molecule has 0 bridgehead atoms. The normalized spacial score (nSPS) is 27.2. The quantitative estimate of drug-likeness (QED) is 0.577. The SMILES string of the molecule is CN1C(=O)COC[C@H]1CBr. The Labute approximate surface area is 68.5 Å². The van der Waals surface area contributed by atoms with Gasteiger partial charge in [-0.25, -0.2) is 0 Å². The van der Waals surface area contributed by atoms with Crippen LogP contribution in [0.1, 0.15) is 0 Å². The highest BCUT2D eigenvalue weighted by atomic mass is 79.9. The van der Waals surface area contributed by atoms with Crippen LogP contribution in [0.3, 0.4) is 0 Å². The van der Waals surface area contributed by atoms with Crippen LogP contribution in [0.15, 0.2) is 0 Å². The molecule has 0 N–H and O–H groups in total. The molecule has 0 spiro atoms. The molecule has 0 aromatic heterocycles. The van der Waals surface area contributed by atoms with E-state index in [1.807, 2.05) is 0 Å². The zero-order chi connectivity index (χ0) is 7.56. The smallest absolute Gasteiger partial charge is 0.248 e. The Morgan fingerprint density at radius 2 is 2.60 bits per heavy atom. The Balaban J connectivity index is 2.51. The summed E-state index contributed by atoms with van der Waals surface area (Å²) in [7, 11) is 1.80. The first-order chi connectivity index (χ1) is 4.75. The molecule has 0 saturated carbocycles. The van der Waals surface area contributed by atoms with Gasteiger partial charge in [-0.3, -0.25) is 4.79 Å². The third-order valence-electron chi connectivity index (χ3n) is 1.66. The molecule has 0 aromatic rings. The monoisotopic (exact) mass is 207 g/mol. The summed E-state index contributed by atoms with van der Waals surface area (Å²) in [5.41, 5.74) is 0. The van der Waals surface area contributed by atoms with Crippen molar-refractivity contribution in [3.05, 3.63) is 0 Å². The Morgan fingerprint density at radius 3 is 3.10 bits per heavy atom. The standard InChI is InChI=1S/C6H10BrNO2/c1-8-5(2-7)3-10-4-6(8)9/h5H,2-4H2,1H3/t5-/m1/s1. The van der Waals surface area contributed by atoms with Crippen LogP contribution in [0.25, 0.3) is 0 Å². The number of amides is 1. The number of hydrogen-bond acceptors (Lipinski definition) is 2. The topological polar surface area (TPSA) is 29.5 Å². The van der Waals surface area contributed by atoms with Gasteiger partial charge in [0.2, 0.25) is 5.91 Å². The van der Waals surface area contributed by atoms with Gasteiger partial charge in [0.25, 0.3) is 0 Å². The largest absolute Gasteiger partial charge is 0.369 e. The number of alkyl halides is 1. The van der Waals surface area contributed by atoms with Gasteiger partial charge in [0, 0.05) is 12.4 Å². The maximum absolute atomic E-state index is 10.9. The van der Waals surface area contributed by atoms with Gasteiger partial charge in [-0.1, -0.05) is 15.9 Å². The zero-order valence-electron chi connectivity index (χ0n) is 5.84. The number of hydrogen-bond donors (Lipinski definition) is 0. The van der Waals surface area contributed by atoms with Crippen molar-refractivity contribution >= 4 is 21.8 Å². The Bertz CT molecular complexity index is 140. The first kappa shape index (κ1) is 8.01. The summed E-state index contributed by atoms with van der Waals surface area (Å²) < 4.78 is 5.03. The molecule has 1 atom stereocenters. The van der Waals surface area contributed by atoms with Gasteiger partial charge in [0.1, 0.15) is 6.61 Å². The second-order valence-electron chi connectivity index (χ2n) is 2.33. The van der Waals surface area contributed by atoms with Crippen LogP contribution in [-0.2, 0) is 9.53 Å². The Kier molecular flexibility index (Phi) is 2.68. The lowest BCUT2D eigenvalue weighted by Crippen LogP contribution is -2.47. The van der Waals surface area contributed by atoms with Gasteiger partial charge >= 0.3 is 0 Å². The number of carbonyl (C=O) groups is 1. The number of morpholine rings is 1. The summed E-state index contributed by atoms with van der Waals surface area (Å²) in [5.74, 6) is 0.0655. The number of rotatable bonds is 1. The highest BCUT2D eigenvalue weighted by Crippen LogP contribution is 2.07. The summed E-state index contributed by atoms with van der Waals surface area (Å²) in [6.07, 6.45) is 0. The molecule has 58 valence electrons. The van der Waals surface area contributed by atoms with E-state index in [4.69, 9.17) is 4.74 Å². The van der Waals surface area contributed by atoms with E-state index < -0.39 is 0 Å². The van der Waals surface area contributed by atoms with Crippen molar-refractivity contribution in [3.8, 4) is 0 Å². The molecule has 1 rings (SSSR count). The summed E-state index contributed by atoms with van der Waals surface area (Å²) in [6.45, 7) is 0.882. The van der Waals surface area contributed by atoms with Crippen molar-refractivity contribution in [1.82, 2.24) is 4.90 Å². The van der Waals surface area contributed by atoms with Crippen molar-refractivity contribution in [3.63, 3.8) is 0 Å². The number of halogens is 1. The van der Waals surface area contributed by atoms with Crippen LogP contribution in [-0.4, -0.2) is 42.4 Å². The van der Waals surface area contributed by atoms with E-state index in [0.29, 0.717) is 6.61 Å². The third kappa shape index (κ3) is 1.49. The average Bonchev–Trinajstić information content (AvgIpc) is 1.95. The maximum Gasteiger partial charge on any atom is 0.248 e. The van der Waals surface area contributed by atoms with Crippen molar-refractivity contribution in [1.29, 1.82) is 0 Å². The van der Waals surface area contributed by atoms with Crippen LogP contribution in [0.5, 0.6) is 0 Å². The molecule has 3 nitrogen and oxygen atoms in total. The molecule has 1 fully saturated rings. The molecule has 0 aliphatic carbocycles. The van der Waals surface area contributed by atoms with Crippen molar-refractivity contribution in [2.75, 3.05) is 25.6 Å². The molecular weight excluding hydrogens is 198 g/mol. The van der Waals surface area contributed by atoms with Gasteiger partial charge in [-0.15, -0.1) is 0 Å². The number of likely N-dealkylation sites (N-methyl/N-ethyl adjacent to an activating group) is 1. The first-order valence-corrected chi connectivity index (χ1v) is 4.27. The van der Waals surface area contributed by atoms with Crippen molar-refractivity contribution < 1.29 is 9.53 Å². The summed E-state index contributed by atoms with van der Waals surface area (Å²) >= 11 is 3.30. The van der Waals surface area contributed by atoms with E-state index in [0.717, 1.165) is 5.33 Å². The minimum Gasteiger partial charge on any atom is -0.369 e. The van der Waals surface area contributed by atoms with Gasteiger partial charge in [-0.2, -0.15) is 0 Å². The fourth-order valence-electron chi connectivity index (χ4n) is 0.848. The van der Waals surface area contributed by atoms with Gasteiger partial charge in [-0.05, 0) is 0 Å². The van der Waals surface area contributed by atoms with Crippen LogP contribution >= 0.6 is 15.9 Å². The summed E-state index contributed by atoms with van der Waals surface area (Å²) in [5, 5.41) is 0.787. The Morgan fingerprint density at radius 1 is 1.90 bits per heavy atom. The van der Waals surface area contributed by atoms with Gasteiger partial charge in [0.05, 0.1) is 12.6 Å². The number of ether oxygens (including phenoxy) is 1. The second-order valence-corrected chi connectivity index (χ2v) is 2.98. The van der Waals surface area contributed by atoms with E-state index >= 15 is 0 Å². The van der Waals surface area contributed by atoms with E-state index in [1.165, 1.54) is 0 Å². The highest BCUT2D eigenvalue weighted by Gasteiger charge is 2.23. The molecule has 1 heterocycles. The van der Waals surface area contributed by atoms with Crippen LogP contribution in [0.2, 0.25) is 0 Å². The minimum absolute atomic E-state index is 0.0655. The molecule has 0 aromatic carbocycles. The number of nitrogens with zero attached hydrogens (tertiary/aromatic N) is 1. The van der Waals surface area contributed by atoms with Crippen molar-refractivity contribution in [2.45, 2.75) is 6.04 Å². The molecule has 1 amide bonds. The number of carbonyl (C=O) groups excluding carboxylic acids is 1. The van der Waals surface area contributed by atoms with Crippen molar-refractivity contribution in [2.24, 2.45) is 0 Å². The molecule has 1 aliphatic rings. The van der Waals surface area contributed by atoms with E-state index in [9.17, 15) is 4.79 Å². The fraction of sp³-hybridized carbons (Fsp3) is 0.833. The molecule has 0 radical (unpaired) electrons. The summed E-state index contributed by atoms with van der Waals surface area (Å²) in [6, 6.07) is 0.209. The lowest BCUT2D eigenvalue weighted by molar-refractivity contribution is -0.144. The third-order valence-corrected chi connectivity index (χ3v) is 2.40. The molecule has 0 unspecified atom stereocenters. The molecular formula is C6H10BrNO2. The van der Waals surface area contributed by atoms with Crippen LogP contribution in [0, 0.1) is 0 Å². The molecule has 4 heteroatoms. The van der Waals surface area contributed by atoms with E-state index in [-0.39, 0.29) is 18.6 Å². The lowest BCUT2D eigenvalue weighted by Gasteiger charge is -2.30. The first-order valence-electron chi connectivity index (χ1n) is 3.15. The maximum atomic E-state index is 10.9. The van der Waals surface area contributed by atoms with Gasteiger partial charge < -0.3 is 9.64 Å². The van der Waals surface area contributed by atoms with E-state index in [1.54, 1.807) is 11.9 Å². The average molecular weight is 208 g/mol. The fourth-order valence-corrected chi connectivity index (χ4v) is 1.47. The predicted molar refractivity (Wildman–Crippen MR) is 41.2 cm³/mol. The van der Waals surface area contributed by atoms with Crippen LogP contribution < -0.4 is 0 Å². The molecule has 1 aliphatic heterocycles. The molecule has 10 heavy (non-hydrogen) atoms. The van der Waals surface area contributed by atoms with Gasteiger partial charge in [0.15, 0.2) is 0 Å². The van der Waals surface area contributed by atoms with E-state index in [2.05, 4.69) is 15.9 Å². The Hall–Kier alpha value is -0.0900. The lowest BCUT2D eigenvalue weighted by atomic mass is 10.3. The summed E-state index contributed by atoms with van der Waals surface area (Å²) in [4.78, 5) is 12.7. The minimum atomic E-state index is 0.0655. The second kappa shape index (κ2) is 3.34.